The molecule has 0 saturated carbocycles. The van der Waals surface area contributed by atoms with Crippen LogP contribution in [0.2, 0.25) is 0 Å². The third-order valence-electron chi connectivity index (χ3n) is 2.46. The normalized spacial score (nSPS) is 11.9. The Balaban J connectivity index is 2.62. The molecule has 98 valence electrons. The summed E-state index contributed by atoms with van der Waals surface area (Å²) in [5.74, 6) is -2.43. The van der Waals surface area contributed by atoms with E-state index in [4.69, 9.17) is 5.11 Å². The molecule has 1 unspecified atom stereocenters. The zero-order valence-electron chi connectivity index (χ0n) is 10.2. The molecule has 6 heteroatoms. The van der Waals surface area contributed by atoms with Gasteiger partial charge in [0.15, 0.2) is 0 Å². The molecule has 0 radical (unpaired) electrons. The number of benzene rings is 1. The van der Waals surface area contributed by atoms with Crippen LogP contribution in [-0.2, 0) is 20.4 Å². The molecule has 0 aliphatic heterocycles. The molecule has 0 fully saturated rings. The van der Waals surface area contributed by atoms with Gasteiger partial charge in [-0.1, -0.05) is 12.1 Å². The molecule has 0 aliphatic carbocycles. The fraction of sp³-hybridized carbons (Fsp3) is 0.333. The summed E-state index contributed by atoms with van der Waals surface area (Å²) in [6.45, 7) is 3.80. The molecule has 1 aromatic rings. The Kier molecular flexibility index (Phi) is 5.03. The van der Waals surface area contributed by atoms with Crippen LogP contribution >= 0.6 is 0 Å². The van der Waals surface area contributed by atoms with E-state index >= 15 is 0 Å². The summed E-state index contributed by atoms with van der Waals surface area (Å²) in [6, 6.07) is 5.49. The number of carboxylic acids is 1. The zero-order valence-corrected chi connectivity index (χ0v) is 11.0. The van der Waals surface area contributed by atoms with Crippen molar-refractivity contribution in [3.05, 3.63) is 29.3 Å². The Morgan fingerprint density at radius 3 is 2.56 bits per heavy atom. The van der Waals surface area contributed by atoms with E-state index in [9.17, 15) is 13.8 Å². The molecular weight excluding hydrogens is 254 g/mol. The maximum atomic E-state index is 11.6. The highest BCUT2D eigenvalue weighted by Gasteiger charge is 2.12. The summed E-state index contributed by atoms with van der Waals surface area (Å²) >= 11 is 0. The van der Waals surface area contributed by atoms with Crippen LogP contribution in [0.5, 0.6) is 0 Å². The molecule has 0 heterocycles. The van der Waals surface area contributed by atoms with Crippen LogP contribution in [0.3, 0.4) is 0 Å². The summed E-state index contributed by atoms with van der Waals surface area (Å²) in [6.07, 6.45) is 0. The van der Waals surface area contributed by atoms with Gasteiger partial charge in [-0.3, -0.25) is 13.8 Å². The van der Waals surface area contributed by atoms with Crippen molar-refractivity contribution in [3.63, 3.8) is 0 Å². The van der Waals surface area contributed by atoms with Gasteiger partial charge in [-0.2, -0.15) is 0 Å². The number of rotatable bonds is 5. The number of carbonyl (C=O) groups is 2. The van der Waals surface area contributed by atoms with Gasteiger partial charge in [-0.05, 0) is 31.0 Å². The number of amides is 1. The predicted octanol–water partition coefficient (Wildman–Crippen LogP) is 1.08. The first-order valence-corrected chi connectivity index (χ1v) is 6.82. The minimum atomic E-state index is -1.68. The SMILES string of the molecule is Cc1cccc(NC(=O)CS(=O)CC(=O)O)c1C. The van der Waals surface area contributed by atoms with Crippen LogP contribution in [0, 0.1) is 13.8 Å². The highest BCUT2D eigenvalue weighted by atomic mass is 32.2. The van der Waals surface area contributed by atoms with Crippen LogP contribution in [0.15, 0.2) is 18.2 Å². The van der Waals surface area contributed by atoms with E-state index in [1.165, 1.54) is 0 Å². The van der Waals surface area contributed by atoms with Gasteiger partial charge in [0.1, 0.15) is 11.5 Å². The van der Waals surface area contributed by atoms with Crippen molar-refractivity contribution in [1.82, 2.24) is 0 Å². The highest BCUT2D eigenvalue weighted by molar-refractivity contribution is 7.86. The molecular formula is C12H15NO4S. The number of aryl methyl sites for hydroxylation is 1. The van der Waals surface area contributed by atoms with Gasteiger partial charge in [-0.15, -0.1) is 0 Å². The number of carboxylic acid groups (broad SMARTS) is 1. The molecule has 2 N–H and O–H groups in total. The van der Waals surface area contributed by atoms with Crippen LogP contribution < -0.4 is 5.32 Å². The Hall–Kier alpha value is -1.69. The van der Waals surface area contributed by atoms with Gasteiger partial charge >= 0.3 is 5.97 Å². The summed E-state index contributed by atoms with van der Waals surface area (Å²) in [5.41, 5.74) is 2.64. The van der Waals surface area contributed by atoms with E-state index < -0.39 is 28.4 Å². The molecule has 0 aromatic heterocycles. The van der Waals surface area contributed by atoms with Crippen molar-refractivity contribution >= 4 is 28.4 Å². The lowest BCUT2D eigenvalue weighted by Gasteiger charge is -2.09. The van der Waals surface area contributed by atoms with Gasteiger partial charge in [-0.25, -0.2) is 0 Å². The lowest BCUT2D eigenvalue weighted by molar-refractivity contribution is -0.133. The minimum Gasteiger partial charge on any atom is -0.481 e. The molecule has 1 amide bonds. The highest BCUT2D eigenvalue weighted by Crippen LogP contribution is 2.17. The van der Waals surface area contributed by atoms with Gasteiger partial charge in [0.05, 0.1) is 0 Å². The lowest BCUT2D eigenvalue weighted by Crippen LogP contribution is -2.23. The number of hydrogen-bond donors (Lipinski definition) is 2. The summed E-state index contributed by atoms with van der Waals surface area (Å²) in [5, 5.41) is 11.1. The molecule has 1 atom stereocenters. The third kappa shape index (κ3) is 4.29. The first-order valence-electron chi connectivity index (χ1n) is 5.33. The van der Waals surface area contributed by atoms with Gasteiger partial charge in [0.25, 0.3) is 0 Å². The van der Waals surface area contributed by atoms with Crippen molar-refractivity contribution in [2.24, 2.45) is 0 Å². The van der Waals surface area contributed by atoms with Crippen molar-refractivity contribution in [3.8, 4) is 0 Å². The van der Waals surface area contributed by atoms with Crippen LogP contribution in [-0.4, -0.2) is 32.7 Å². The first-order chi connectivity index (χ1) is 8.40. The summed E-state index contributed by atoms with van der Waals surface area (Å²) < 4.78 is 11.3. The van der Waals surface area contributed by atoms with E-state index in [-0.39, 0.29) is 5.75 Å². The second-order valence-electron chi connectivity index (χ2n) is 3.92. The van der Waals surface area contributed by atoms with Crippen LogP contribution in [0.25, 0.3) is 0 Å². The molecule has 1 rings (SSSR count). The molecule has 0 spiro atoms. The average Bonchev–Trinajstić information content (AvgIpc) is 2.23. The Morgan fingerprint density at radius 2 is 1.94 bits per heavy atom. The topological polar surface area (TPSA) is 83.5 Å². The van der Waals surface area contributed by atoms with Gasteiger partial charge < -0.3 is 10.4 Å². The quantitative estimate of drug-likeness (QED) is 0.837. The summed E-state index contributed by atoms with van der Waals surface area (Å²) in [4.78, 5) is 21.9. The smallest absolute Gasteiger partial charge is 0.316 e. The maximum Gasteiger partial charge on any atom is 0.316 e. The molecule has 5 nitrogen and oxygen atoms in total. The van der Waals surface area contributed by atoms with Crippen LogP contribution in [0.4, 0.5) is 5.69 Å². The van der Waals surface area contributed by atoms with E-state index in [1.54, 1.807) is 6.07 Å². The number of hydrogen-bond acceptors (Lipinski definition) is 3. The van der Waals surface area contributed by atoms with Crippen molar-refractivity contribution in [2.75, 3.05) is 16.8 Å². The van der Waals surface area contributed by atoms with Crippen molar-refractivity contribution < 1.29 is 18.9 Å². The monoisotopic (exact) mass is 269 g/mol. The second kappa shape index (κ2) is 6.30. The molecule has 1 aromatic carbocycles. The molecule has 0 bridgehead atoms. The summed E-state index contributed by atoms with van der Waals surface area (Å²) in [7, 11) is -1.68. The molecule has 0 saturated heterocycles. The standard InChI is InChI=1S/C12H15NO4S/c1-8-4-3-5-10(9(8)2)13-11(14)6-18(17)7-12(15)16/h3-5H,6-7H2,1-2H3,(H,13,14)(H,15,16). The first kappa shape index (κ1) is 14.4. The second-order valence-corrected chi connectivity index (χ2v) is 5.37. The Labute approximate surface area is 108 Å². The number of aliphatic carboxylic acids is 1. The lowest BCUT2D eigenvalue weighted by atomic mass is 10.1. The van der Waals surface area contributed by atoms with Crippen molar-refractivity contribution in [2.45, 2.75) is 13.8 Å². The van der Waals surface area contributed by atoms with E-state index in [0.717, 1.165) is 11.1 Å². The van der Waals surface area contributed by atoms with E-state index in [0.29, 0.717) is 5.69 Å². The minimum absolute atomic E-state index is 0.306. The molecule has 18 heavy (non-hydrogen) atoms. The number of anilines is 1. The van der Waals surface area contributed by atoms with Crippen molar-refractivity contribution in [1.29, 1.82) is 0 Å². The van der Waals surface area contributed by atoms with E-state index in [1.807, 2.05) is 26.0 Å². The van der Waals surface area contributed by atoms with Gasteiger partial charge in [0, 0.05) is 16.5 Å². The fourth-order valence-electron chi connectivity index (χ4n) is 1.41. The predicted molar refractivity (Wildman–Crippen MR) is 70.1 cm³/mol. The van der Waals surface area contributed by atoms with Crippen LogP contribution in [0.1, 0.15) is 11.1 Å². The van der Waals surface area contributed by atoms with Gasteiger partial charge in [0.2, 0.25) is 5.91 Å². The Morgan fingerprint density at radius 1 is 1.28 bits per heavy atom. The zero-order chi connectivity index (χ0) is 13.7. The molecule has 0 aliphatic rings. The average molecular weight is 269 g/mol. The number of nitrogens with one attached hydrogen (secondary N) is 1. The fourth-order valence-corrected chi connectivity index (χ4v) is 2.15. The Bertz CT molecular complexity index is 499. The number of carbonyl (C=O) groups excluding carboxylic acids is 1. The maximum absolute atomic E-state index is 11.6. The van der Waals surface area contributed by atoms with E-state index in [2.05, 4.69) is 5.32 Å². The third-order valence-corrected chi connectivity index (χ3v) is 3.61. The largest absolute Gasteiger partial charge is 0.481 e.